The van der Waals surface area contributed by atoms with Gasteiger partial charge in [0.25, 0.3) is 0 Å². The van der Waals surface area contributed by atoms with Crippen LogP contribution in [0, 0.1) is 6.92 Å². The number of nitrogens with zero attached hydrogens (tertiary/aromatic N) is 2. The minimum Gasteiger partial charge on any atom is -0.330 e. The zero-order chi connectivity index (χ0) is 12.3. The second kappa shape index (κ2) is 6.78. The van der Waals surface area contributed by atoms with Crippen molar-refractivity contribution in [3.63, 3.8) is 0 Å². The number of rotatable bonds is 4. The number of halogens is 2. The summed E-state index contributed by atoms with van der Waals surface area (Å²) in [6.45, 7) is 3.56. The van der Waals surface area contributed by atoms with Crippen molar-refractivity contribution in [2.45, 2.75) is 19.9 Å². The van der Waals surface area contributed by atoms with Crippen molar-refractivity contribution in [3.05, 3.63) is 41.2 Å². The largest absolute Gasteiger partial charge is 0.330 e. The highest BCUT2D eigenvalue weighted by Gasteiger charge is 2.03. The van der Waals surface area contributed by atoms with Gasteiger partial charge in [-0.15, -0.1) is 12.4 Å². The summed E-state index contributed by atoms with van der Waals surface area (Å²) >= 11 is 6.01. The summed E-state index contributed by atoms with van der Waals surface area (Å²) in [6, 6.07) is 6.01. The van der Waals surface area contributed by atoms with E-state index in [1.807, 2.05) is 36.1 Å². The van der Waals surface area contributed by atoms with E-state index in [1.54, 1.807) is 0 Å². The zero-order valence-electron chi connectivity index (χ0n) is 10.3. The average Bonchev–Trinajstić information content (AvgIpc) is 2.79. The number of nitrogens with two attached hydrogens (primary N) is 1. The molecule has 0 spiro atoms. The standard InChI is InChI=1S/C13H16ClN3.ClH/c1-10-7-11(3-4-13(10)14)12-8-16-17(9-12)6-2-5-15;/h3-4,7-9H,2,5-6,15H2,1H3;1H. The molecule has 1 aromatic heterocycles. The molecule has 0 bridgehead atoms. The lowest BCUT2D eigenvalue weighted by Gasteiger charge is -2.01. The zero-order valence-corrected chi connectivity index (χ0v) is 11.8. The van der Waals surface area contributed by atoms with Crippen LogP contribution in [-0.4, -0.2) is 16.3 Å². The third kappa shape index (κ3) is 3.48. The van der Waals surface area contributed by atoms with E-state index < -0.39 is 0 Å². The average molecular weight is 286 g/mol. The number of aryl methyl sites for hydroxylation is 2. The Kier molecular flexibility index (Phi) is 5.66. The molecule has 1 aromatic carbocycles. The third-order valence-corrected chi connectivity index (χ3v) is 3.14. The molecule has 0 aliphatic heterocycles. The normalized spacial score (nSPS) is 10.2. The molecule has 18 heavy (non-hydrogen) atoms. The van der Waals surface area contributed by atoms with Crippen molar-refractivity contribution < 1.29 is 0 Å². The van der Waals surface area contributed by atoms with Crippen molar-refractivity contribution in [1.82, 2.24) is 9.78 Å². The quantitative estimate of drug-likeness (QED) is 0.937. The monoisotopic (exact) mass is 285 g/mol. The fraction of sp³-hybridized carbons (Fsp3) is 0.308. The maximum atomic E-state index is 6.01. The number of aromatic nitrogens is 2. The van der Waals surface area contributed by atoms with Gasteiger partial charge in [-0.05, 0) is 43.1 Å². The Balaban J connectivity index is 0.00000162. The molecule has 2 aromatic rings. The molecule has 0 atom stereocenters. The van der Waals surface area contributed by atoms with Crippen LogP contribution in [0.2, 0.25) is 5.02 Å². The Morgan fingerprint density at radius 3 is 2.78 bits per heavy atom. The summed E-state index contributed by atoms with van der Waals surface area (Å²) in [7, 11) is 0. The van der Waals surface area contributed by atoms with Crippen LogP contribution in [0.3, 0.4) is 0 Å². The van der Waals surface area contributed by atoms with Crippen LogP contribution in [0.1, 0.15) is 12.0 Å². The van der Waals surface area contributed by atoms with Gasteiger partial charge in [0.2, 0.25) is 0 Å². The first kappa shape index (κ1) is 15.0. The Labute approximate surface area is 118 Å². The summed E-state index contributed by atoms with van der Waals surface area (Å²) in [5.41, 5.74) is 8.81. The van der Waals surface area contributed by atoms with E-state index in [4.69, 9.17) is 17.3 Å². The molecule has 5 heteroatoms. The number of hydrogen-bond acceptors (Lipinski definition) is 2. The summed E-state index contributed by atoms with van der Waals surface area (Å²) in [6.07, 6.45) is 4.86. The van der Waals surface area contributed by atoms with E-state index in [9.17, 15) is 0 Å². The number of hydrogen-bond donors (Lipinski definition) is 1. The van der Waals surface area contributed by atoms with Gasteiger partial charge in [-0.25, -0.2) is 0 Å². The van der Waals surface area contributed by atoms with Crippen LogP contribution >= 0.6 is 24.0 Å². The third-order valence-electron chi connectivity index (χ3n) is 2.72. The molecule has 0 unspecified atom stereocenters. The van der Waals surface area contributed by atoms with Crippen molar-refractivity contribution in [3.8, 4) is 11.1 Å². The van der Waals surface area contributed by atoms with Crippen LogP contribution < -0.4 is 5.73 Å². The molecular formula is C13H17Cl2N3. The van der Waals surface area contributed by atoms with Crippen molar-refractivity contribution >= 4 is 24.0 Å². The highest BCUT2D eigenvalue weighted by atomic mass is 35.5. The van der Waals surface area contributed by atoms with Gasteiger partial charge in [0.05, 0.1) is 6.20 Å². The summed E-state index contributed by atoms with van der Waals surface area (Å²) in [4.78, 5) is 0. The molecular weight excluding hydrogens is 269 g/mol. The van der Waals surface area contributed by atoms with Gasteiger partial charge in [0.1, 0.15) is 0 Å². The molecule has 3 nitrogen and oxygen atoms in total. The lowest BCUT2D eigenvalue weighted by molar-refractivity contribution is 0.585. The topological polar surface area (TPSA) is 43.8 Å². The fourth-order valence-electron chi connectivity index (χ4n) is 1.71. The van der Waals surface area contributed by atoms with Gasteiger partial charge in [0, 0.05) is 23.3 Å². The van der Waals surface area contributed by atoms with Crippen LogP contribution in [-0.2, 0) is 6.54 Å². The van der Waals surface area contributed by atoms with Crippen molar-refractivity contribution in [2.24, 2.45) is 5.73 Å². The highest BCUT2D eigenvalue weighted by molar-refractivity contribution is 6.31. The van der Waals surface area contributed by atoms with Crippen molar-refractivity contribution in [2.75, 3.05) is 6.54 Å². The first-order valence-corrected chi connectivity index (χ1v) is 6.07. The van der Waals surface area contributed by atoms with Gasteiger partial charge in [-0.3, -0.25) is 4.68 Å². The lowest BCUT2D eigenvalue weighted by atomic mass is 10.1. The van der Waals surface area contributed by atoms with E-state index in [-0.39, 0.29) is 12.4 Å². The molecule has 0 radical (unpaired) electrons. The molecule has 2 rings (SSSR count). The predicted molar refractivity (Wildman–Crippen MR) is 78.3 cm³/mol. The Hall–Kier alpha value is -1.03. The van der Waals surface area contributed by atoms with Gasteiger partial charge in [-0.2, -0.15) is 5.10 Å². The molecule has 0 aliphatic carbocycles. The van der Waals surface area contributed by atoms with Gasteiger partial charge in [-0.1, -0.05) is 17.7 Å². The highest BCUT2D eigenvalue weighted by Crippen LogP contribution is 2.24. The van der Waals surface area contributed by atoms with E-state index in [0.29, 0.717) is 6.54 Å². The van der Waals surface area contributed by atoms with Crippen LogP contribution in [0.25, 0.3) is 11.1 Å². The molecule has 0 aliphatic rings. The Bertz CT molecular complexity index is 509. The van der Waals surface area contributed by atoms with Crippen LogP contribution in [0.4, 0.5) is 0 Å². The van der Waals surface area contributed by atoms with Gasteiger partial charge >= 0.3 is 0 Å². The van der Waals surface area contributed by atoms with Crippen molar-refractivity contribution in [1.29, 1.82) is 0 Å². The molecule has 2 N–H and O–H groups in total. The summed E-state index contributed by atoms with van der Waals surface area (Å²) < 4.78 is 1.92. The first-order chi connectivity index (χ1) is 8.20. The van der Waals surface area contributed by atoms with E-state index in [0.717, 1.165) is 34.7 Å². The lowest BCUT2D eigenvalue weighted by Crippen LogP contribution is -2.05. The molecule has 1 heterocycles. The van der Waals surface area contributed by atoms with E-state index in [1.165, 1.54) is 0 Å². The maximum Gasteiger partial charge on any atom is 0.0568 e. The second-order valence-corrected chi connectivity index (χ2v) is 4.51. The smallest absolute Gasteiger partial charge is 0.0568 e. The van der Waals surface area contributed by atoms with Gasteiger partial charge < -0.3 is 5.73 Å². The first-order valence-electron chi connectivity index (χ1n) is 5.70. The minimum atomic E-state index is 0. The Morgan fingerprint density at radius 2 is 2.11 bits per heavy atom. The predicted octanol–water partition coefficient (Wildman–Crippen LogP) is 3.28. The molecule has 0 saturated heterocycles. The molecule has 0 fully saturated rings. The van der Waals surface area contributed by atoms with Crippen LogP contribution in [0.15, 0.2) is 30.6 Å². The summed E-state index contributed by atoms with van der Waals surface area (Å²) in [5, 5.41) is 5.11. The Morgan fingerprint density at radius 1 is 1.33 bits per heavy atom. The van der Waals surface area contributed by atoms with E-state index in [2.05, 4.69) is 11.2 Å². The molecule has 0 saturated carbocycles. The summed E-state index contributed by atoms with van der Waals surface area (Å²) in [5.74, 6) is 0. The minimum absolute atomic E-state index is 0. The van der Waals surface area contributed by atoms with Crippen LogP contribution in [0.5, 0.6) is 0 Å². The van der Waals surface area contributed by atoms with Gasteiger partial charge in [0.15, 0.2) is 0 Å². The SMILES string of the molecule is Cc1cc(-c2cnn(CCCN)c2)ccc1Cl.Cl. The molecule has 0 amide bonds. The fourth-order valence-corrected chi connectivity index (χ4v) is 1.83. The number of benzene rings is 1. The molecule has 98 valence electrons. The second-order valence-electron chi connectivity index (χ2n) is 4.10. The van der Waals surface area contributed by atoms with E-state index >= 15 is 0 Å². The maximum absolute atomic E-state index is 6.01.